The fourth-order valence-electron chi connectivity index (χ4n) is 1.79. The van der Waals surface area contributed by atoms with Crippen LogP contribution in [0.15, 0.2) is 69.8 Å². The monoisotopic (exact) mass is 399 g/mol. The fraction of sp³-hybridized carbons (Fsp3) is 0.0667. The molecule has 0 heterocycles. The van der Waals surface area contributed by atoms with Gasteiger partial charge in [-0.25, -0.2) is 12.7 Å². The highest BCUT2D eigenvalue weighted by atomic mass is 127. The van der Waals surface area contributed by atoms with Gasteiger partial charge in [-0.1, -0.05) is 42.5 Å². The Labute approximate surface area is 133 Å². The van der Waals surface area contributed by atoms with Gasteiger partial charge in [0, 0.05) is 0 Å². The summed E-state index contributed by atoms with van der Waals surface area (Å²) < 4.78 is 27.2. The van der Waals surface area contributed by atoms with Crippen LogP contribution in [0.1, 0.15) is 5.56 Å². The van der Waals surface area contributed by atoms with Crippen molar-refractivity contribution in [2.24, 2.45) is 0 Å². The Bertz CT molecular complexity index is 709. The SMILES string of the molecule is C=C(I)N(c1ccccc1)S(=O)(=O)c1ccc(C)cc1. The van der Waals surface area contributed by atoms with Crippen molar-refractivity contribution in [2.75, 3.05) is 4.31 Å². The molecular formula is C15H14INO2S. The molecule has 0 aliphatic rings. The second kappa shape index (κ2) is 5.97. The predicted octanol–water partition coefficient (Wildman–Crippen LogP) is 4.10. The molecule has 5 heteroatoms. The molecule has 0 N–H and O–H groups in total. The maximum atomic E-state index is 12.7. The van der Waals surface area contributed by atoms with Gasteiger partial charge in [0.15, 0.2) is 0 Å². The number of nitrogens with zero attached hydrogens (tertiary/aromatic N) is 1. The number of halogens is 1. The number of hydrogen-bond acceptors (Lipinski definition) is 2. The molecule has 0 radical (unpaired) electrons. The van der Waals surface area contributed by atoms with E-state index >= 15 is 0 Å². The largest absolute Gasteiger partial charge is 0.269 e. The van der Waals surface area contributed by atoms with Gasteiger partial charge >= 0.3 is 0 Å². The predicted molar refractivity (Wildman–Crippen MR) is 90.4 cm³/mol. The van der Waals surface area contributed by atoms with Gasteiger partial charge in [-0.05, 0) is 53.8 Å². The Morgan fingerprint density at radius 3 is 2.10 bits per heavy atom. The first-order valence-electron chi connectivity index (χ1n) is 5.94. The smallest absolute Gasteiger partial charge is 0.229 e. The van der Waals surface area contributed by atoms with E-state index in [1.165, 1.54) is 4.31 Å². The lowest BCUT2D eigenvalue weighted by Gasteiger charge is -2.23. The van der Waals surface area contributed by atoms with Crippen molar-refractivity contribution >= 4 is 38.3 Å². The molecule has 2 rings (SSSR count). The zero-order valence-corrected chi connectivity index (χ0v) is 13.9. The van der Waals surface area contributed by atoms with Crippen LogP contribution in [0, 0.1) is 6.92 Å². The summed E-state index contributed by atoms with van der Waals surface area (Å²) in [6.07, 6.45) is 0. The number of rotatable bonds is 4. The Kier molecular flexibility index (Phi) is 4.49. The summed E-state index contributed by atoms with van der Waals surface area (Å²) in [5.41, 5.74) is 1.59. The molecule has 0 saturated heterocycles. The minimum atomic E-state index is -3.64. The standard InChI is InChI=1S/C15H14INO2S/c1-12-8-10-15(11-9-12)20(18,19)17(13(2)16)14-6-4-3-5-7-14/h3-11H,2H2,1H3. The van der Waals surface area contributed by atoms with Gasteiger partial charge in [0.2, 0.25) is 0 Å². The Morgan fingerprint density at radius 2 is 1.60 bits per heavy atom. The molecule has 3 nitrogen and oxygen atoms in total. The second-order valence-corrected chi connectivity index (χ2v) is 7.33. The molecular weight excluding hydrogens is 385 g/mol. The highest BCUT2D eigenvalue weighted by molar-refractivity contribution is 14.1. The van der Waals surface area contributed by atoms with Crippen LogP contribution >= 0.6 is 22.6 Å². The third kappa shape index (κ3) is 3.04. The Morgan fingerprint density at radius 1 is 1.05 bits per heavy atom. The maximum Gasteiger partial charge on any atom is 0.269 e. The molecule has 0 saturated carbocycles. The normalized spacial score (nSPS) is 11.1. The van der Waals surface area contributed by atoms with Crippen molar-refractivity contribution < 1.29 is 8.42 Å². The summed E-state index contributed by atoms with van der Waals surface area (Å²) in [5, 5.41) is 0. The number of benzene rings is 2. The molecule has 0 aromatic heterocycles. The van der Waals surface area contributed by atoms with Gasteiger partial charge in [-0.3, -0.25) is 0 Å². The van der Waals surface area contributed by atoms with E-state index < -0.39 is 10.0 Å². The first-order chi connectivity index (χ1) is 9.43. The van der Waals surface area contributed by atoms with E-state index in [2.05, 4.69) is 6.58 Å². The van der Waals surface area contributed by atoms with E-state index in [1.54, 1.807) is 48.5 Å². The van der Waals surface area contributed by atoms with Crippen molar-refractivity contribution in [3.8, 4) is 0 Å². The molecule has 0 spiro atoms. The van der Waals surface area contributed by atoms with Crippen LogP contribution in [0.5, 0.6) is 0 Å². The van der Waals surface area contributed by atoms with Crippen LogP contribution in [0.25, 0.3) is 0 Å². The molecule has 2 aromatic rings. The summed E-state index contributed by atoms with van der Waals surface area (Å²) in [6, 6.07) is 15.7. The quantitative estimate of drug-likeness (QED) is 0.574. The Balaban J connectivity index is 2.54. The van der Waals surface area contributed by atoms with Gasteiger partial charge in [-0.2, -0.15) is 0 Å². The number of aryl methyl sites for hydroxylation is 1. The van der Waals surface area contributed by atoms with Gasteiger partial charge < -0.3 is 0 Å². The van der Waals surface area contributed by atoms with Crippen LogP contribution in [0.4, 0.5) is 5.69 Å². The van der Waals surface area contributed by atoms with Crippen LogP contribution < -0.4 is 4.31 Å². The van der Waals surface area contributed by atoms with E-state index in [9.17, 15) is 8.42 Å². The third-order valence-corrected chi connectivity index (χ3v) is 5.36. The fourth-order valence-corrected chi connectivity index (χ4v) is 4.20. The number of anilines is 1. The zero-order valence-electron chi connectivity index (χ0n) is 11.0. The van der Waals surface area contributed by atoms with E-state index in [0.29, 0.717) is 9.39 Å². The average molecular weight is 399 g/mol. The highest BCUT2D eigenvalue weighted by Gasteiger charge is 2.26. The first kappa shape index (κ1) is 15.1. The molecule has 104 valence electrons. The van der Waals surface area contributed by atoms with Crippen molar-refractivity contribution in [1.29, 1.82) is 0 Å². The van der Waals surface area contributed by atoms with Gasteiger partial charge in [0.05, 0.1) is 14.3 Å². The minimum Gasteiger partial charge on any atom is -0.229 e. The second-order valence-electron chi connectivity index (χ2n) is 4.29. The van der Waals surface area contributed by atoms with Crippen LogP contribution in [-0.4, -0.2) is 8.42 Å². The summed E-state index contributed by atoms with van der Waals surface area (Å²) in [6.45, 7) is 5.69. The zero-order chi connectivity index (χ0) is 14.8. The van der Waals surface area contributed by atoms with Crippen LogP contribution in [0.3, 0.4) is 0 Å². The lowest BCUT2D eigenvalue weighted by atomic mass is 10.2. The molecule has 0 aliphatic carbocycles. The lowest BCUT2D eigenvalue weighted by Crippen LogP contribution is -2.27. The molecule has 0 bridgehead atoms. The number of hydrogen-bond donors (Lipinski definition) is 0. The van der Waals surface area contributed by atoms with E-state index in [0.717, 1.165) is 5.56 Å². The molecule has 0 unspecified atom stereocenters. The van der Waals surface area contributed by atoms with Crippen molar-refractivity contribution in [1.82, 2.24) is 0 Å². The van der Waals surface area contributed by atoms with Gasteiger partial charge in [-0.15, -0.1) is 0 Å². The van der Waals surface area contributed by atoms with E-state index in [1.807, 2.05) is 35.6 Å². The van der Waals surface area contributed by atoms with Crippen LogP contribution in [-0.2, 0) is 10.0 Å². The number of para-hydroxylation sites is 1. The third-order valence-electron chi connectivity index (χ3n) is 2.77. The van der Waals surface area contributed by atoms with Gasteiger partial charge in [0.25, 0.3) is 10.0 Å². The van der Waals surface area contributed by atoms with Crippen molar-refractivity contribution in [3.05, 3.63) is 70.4 Å². The highest BCUT2D eigenvalue weighted by Crippen LogP contribution is 2.29. The van der Waals surface area contributed by atoms with Gasteiger partial charge in [0.1, 0.15) is 0 Å². The molecule has 0 aliphatic heterocycles. The van der Waals surface area contributed by atoms with Crippen molar-refractivity contribution in [3.63, 3.8) is 0 Å². The van der Waals surface area contributed by atoms with Crippen LogP contribution in [0.2, 0.25) is 0 Å². The topological polar surface area (TPSA) is 37.4 Å². The number of sulfonamides is 1. The summed E-state index contributed by atoms with van der Waals surface area (Å²) >= 11 is 1.92. The molecule has 0 fully saturated rings. The Hall–Kier alpha value is -1.34. The summed E-state index contributed by atoms with van der Waals surface area (Å²) in [5.74, 6) is 0. The molecule has 2 aromatic carbocycles. The average Bonchev–Trinajstić information content (AvgIpc) is 2.39. The molecule has 0 amide bonds. The lowest BCUT2D eigenvalue weighted by molar-refractivity contribution is 0.595. The first-order valence-corrected chi connectivity index (χ1v) is 8.46. The maximum absolute atomic E-state index is 12.7. The summed E-state index contributed by atoms with van der Waals surface area (Å²) in [7, 11) is -3.64. The minimum absolute atomic E-state index is 0.254. The molecule has 20 heavy (non-hydrogen) atoms. The summed E-state index contributed by atoms with van der Waals surface area (Å²) in [4.78, 5) is 0.254. The van der Waals surface area contributed by atoms with E-state index in [4.69, 9.17) is 0 Å². The van der Waals surface area contributed by atoms with Crippen molar-refractivity contribution in [2.45, 2.75) is 11.8 Å². The van der Waals surface area contributed by atoms with E-state index in [-0.39, 0.29) is 4.90 Å². The molecule has 0 atom stereocenters.